The van der Waals surface area contributed by atoms with Crippen molar-refractivity contribution >= 4 is 15.9 Å². The zero-order valence-electron chi connectivity index (χ0n) is 9.45. The predicted octanol–water partition coefficient (Wildman–Crippen LogP) is 2.53. The molecule has 0 spiro atoms. The van der Waals surface area contributed by atoms with Gasteiger partial charge in [-0.1, -0.05) is 0 Å². The maximum atomic E-state index is 5.53. The normalized spacial score (nSPS) is 23.0. The molecule has 2 atom stereocenters. The van der Waals surface area contributed by atoms with Gasteiger partial charge in [-0.3, -0.25) is 4.98 Å². The second-order valence-electron chi connectivity index (χ2n) is 4.14. The van der Waals surface area contributed by atoms with E-state index in [4.69, 9.17) is 4.74 Å². The highest BCUT2D eigenvalue weighted by atomic mass is 79.9. The fourth-order valence-electron chi connectivity index (χ4n) is 2.22. The van der Waals surface area contributed by atoms with Crippen molar-refractivity contribution in [2.75, 3.05) is 20.3 Å². The van der Waals surface area contributed by atoms with Gasteiger partial charge in [0.05, 0.1) is 18.3 Å². The number of aromatic nitrogens is 1. The average molecular weight is 285 g/mol. The van der Waals surface area contributed by atoms with Gasteiger partial charge in [-0.25, -0.2) is 0 Å². The van der Waals surface area contributed by atoms with Crippen LogP contribution in [-0.2, 0) is 4.74 Å². The van der Waals surface area contributed by atoms with Gasteiger partial charge in [0, 0.05) is 23.2 Å². The SMILES string of the molecule is CNC(c1ccc(Br)cn1)C1CCCOC1. The first kappa shape index (κ1) is 12.0. The molecule has 3 nitrogen and oxygen atoms in total. The molecule has 1 fully saturated rings. The highest BCUT2D eigenvalue weighted by molar-refractivity contribution is 9.10. The van der Waals surface area contributed by atoms with E-state index in [-0.39, 0.29) is 0 Å². The van der Waals surface area contributed by atoms with Crippen LogP contribution in [0.15, 0.2) is 22.8 Å². The molecule has 2 rings (SSSR count). The highest BCUT2D eigenvalue weighted by Gasteiger charge is 2.25. The zero-order valence-corrected chi connectivity index (χ0v) is 11.0. The van der Waals surface area contributed by atoms with Crippen LogP contribution in [-0.4, -0.2) is 25.2 Å². The first-order valence-corrected chi connectivity index (χ1v) is 6.47. The third kappa shape index (κ3) is 2.81. The summed E-state index contributed by atoms with van der Waals surface area (Å²) in [5.41, 5.74) is 1.10. The lowest BCUT2D eigenvalue weighted by Crippen LogP contribution is -2.31. The number of hydrogen-bond acceptors (Lipinski definition) is 3. The summed E-state index contributed by atoms with van der Waals surface area (Å²) in [5.74, 6) is 0.535. The van der Waals surface area contributed by atoms with E-state index in [1.807, 2.05) is 19.3 Å². The number of nitrogens with zero attached hydrogens (tertiary/aromatic N) is 1. The fourth-order valence-corrected chi connectivity index (χ4v) is 2.46. The summed E-state index contributed by atoms with van der Waals surface area (Å²) in [4.78, 5) is 4.46. The van der Waals surface area contributed by atoms with Crippen LogP contribution < -0.4 is 5.32 Å². The molecule has 1 N–H and O–H groups in total. The van der Waals surface area contributed by atoms with E-state index in [0.717, 1.165) is 29.8 Å². The summed E-state index contributed by atoms with van der Waals surface area (Å²) >= 11 is 3.40. The molecule has 0 bridgehead atoms. The lowest BCUT2D eigenvalue weighted by atomic mass is 9.91. The summed E-state index contributed by atoms with van der Waals surface area (Å²) in [7, 11) is 1.99. The molecule has 1 aliphatic heterocycles. The van der Waals surface area contributed by atoms with Crippen molar-refractivity contribution in [3.8, 4) is 0 Å². The number of ether oxygens (including phenoxy) is 1. The summed E-state index contributed by atoms with van der Waals surface area (Å²) < 4.78 is 6.55. The zero-order chi connectivity index (χ0) is 11.4. The van der Waals surface area contributed by atoms with Gasteiger partial charge in [0.1, 0.15) is 0 Å². The molecule has 1 aliphatic rings. The van der Waals surface area contributed by atoms with Crippen LogP contribution in [0.25, 0.3) is 0 Å². The molecule has 16 heavy (non-hydrogen) atoms. The summed E-state index contributed by atoms with van der Waals surface area (Å²) in [6.07, 6.45) is 4.21. The van der Waals surface area contributed by atoms with Crippen molar-refractivity contribution in [3.63, 3.8) is 0 Å². The monoisotopic (exact) mass is 284 g/mol. The van der Waals surface area contributed by atoms with Crippen LogP contribution in [0, 0.1) is 5.92 Å². The largest absolute Gasteiger partial charge is 0.381 e. The quantitative estimate of drug-likeness (QED) is 0.926. The van der Waals surface area contributed by atoms with E-state index >= 15 is 0 Å². The topological polar surface area (TPSA) is 34.2 Å². The first-order chi connectivity index (χ1) is 7.81. The molecule has 0 aromatic carbocycles. The molecule has 0 aliphatic carbocycles. The first-order valence-electron chi connectivity index (χ1n) is 5.67. The van der Waals surface area contributed by atoms with E-state index in [0.29, 0.717) is 12.0 Å². The van der Waals surface area contributed by atoms with Gasteiger partial charge < -0.3 is 10.1 Å². The van der Waals surface area contributed by atoms with Crippen LogP contribution in [0.2, 0.25) is 0 Å². The van der Waals surface area contributed by atoms with Crippen molar-refractivity contribution in [2.45, 2.75) is 18.9 Å². The Kier molecular flexibility index (Phi) is 4.32. The van der Waals surface area contributed by atoms with Gasteiger partial charge in [0.15, 0.2) is 0 Å². The van der Waals surface area contributed by atoms with Gasteiger partial charge in [0.2, 0.25) is 0 Å². The Morgan fingerprint density at radius 3 is 3.00 bits per heavy atom. The molecule has 4 heteroatoms. The lowest BCUT2D eigenvalue weighted by Gasteiger charge is -2.29. The standard InChI is InChI=1S/C12H17BrN2O/c1-14-12(9-3-2-6-16-8-9)11-5-4-10(13)7-15-11/h4-5,7,9,12,14H,2-3,6,8H2,1H3. The van der Waals surface area contributed by atoms with Crippen molar-refractivity contribution in [1.82, 2.24) is 10.3 Å². The summed E-state index contributed by atoms with van der Waals surface area (Å²) in [5, 5.41) is 3.35. The number of hydrogen-bond donors (Lipinski definition) is 1. The molecule has 0 radical (unpaired) electrons. The van der Waals surface area contributed by atoms with Gasteiger partial charge in [0.25, 0.3) is 0 Å². The third-order valence-corrected chi connectivity index (χ3v) is 3.52. The van der Waals surface area contributed by atoms with E-state index in [1.165, 1.54) is 6.42 Å². The molecular weight excluding hydrogens is 268 g/mol. The minimum atomic E-state index is 0.299. The van der Waals surface area contributed by atoms with Crippen molar-refractivity contribution in [2.24, 2.45) is 5.92 Å². The van der Waals surface area contributed by atoms with Gasteiger partial charge in [-0.15, -0.1) is 0 Å². The maximum Gasteiger partial charge on any atom is 0.0577 e. The highest BCUT2D eigenvalue weighted by Crippen LogP contribution is 2.27. The average Bonchev–Trinajstić information content (AvgIpc) is 2.34. The molecule has 2 heterocycles. The molecule has 2 unspecified atom stereocenters. The second-order valence-corrected chi connectivity index (χ2v) is 5.06. The van der Waals surface area contributed by atoms with Crippen molar-refractivity contribution in [3.05, 3.63) is 28.5 Å². The molecule has 88 valence electrons. The van der Waals surface area contributed by atoms with Gasteiger partial charge in [-0.05, 0) is 48.0 Å². The molecule has 0 saturated carbocycles. The Morgan fingerprint density at radius 2 is 2.44 bits per heavy atom. The molecule has 1 aromatic heterocycles. The Balaban J connectivity index is 2.11. The van der Waals surface area contributed by atoms with Crippen LogP contribution in [0.4, 0.5) is 0 Å². The van der Waals surface area contributed by atoms with Crippen LogP contribution in [0.3, 0.4) is 0 Å². The fraction of sp³-hybridized carbons (Fsp3) is 0.583. The number of nitrogens with one attached hydrogen (secondary N) is 1. The predicted molar refractivity (Wildman–Crippen MR) is 67.3 cm³/mol. The minimum Gasteiger partial charge on any atom is -0.381 e. The Morgan fingerprint density at radius 1 is 1.56 bits per heavy atom. The van der Waals surface area contributed by atoms with Crippen LogP contribution in [0.5, 0.6) is 0 Å². The van der Waals surface area contributed by atoms with Crippen molar-refractivity contribution < 1.29 is 4.74 Å². The van der Waals surface area contributed by atoms with E-state index < -0.39 is 0 Å². The van der Waals surface area contributed by atoms with E-state index in [9.17, 15) is 0 Å². The lowest BCUT2D eigenvalue weighted by molar-refractivity contribution is 0.0396. The Hall–Kier alpha value is -0.450. The van der Waals surface area contributed by atoms with E-state index in [1.54, 1.807) is 0 Å². The molecule has 0 amide bonds. The summed E-state index contributed by atoms with van der Waals surface area (Å²) in [6, 6.07) is 4.41. The van der Waals surface area contributed by atoms with Crippen molar-refractivity contribution in [1.29, 1.82) is 0 Å². The van der Waals surface area contributed by atoms with Crippen LogP contribution in [0.1, 0.15) is 24.6 Å². The van der Waals surface area contributed by atoms with Crippen LogP contribution >= 0.6 is 15.9 Å². The maximum absolute atomic E-state index is 5.53. The molecular formula is C12H17BrN2O. The number of pyridine rings is 1. The molecule has 1 saturated heterocycles. The van der Waals surface area contributed by atoms with Gasteiger partial charge in [-0.2, -0.15) is 0 Å². The number of rotatable bonds is 3. The smallest absolute Gasteiger partial charge is 0.0577 e. The molecule has 1 aromatic rings. The third-order valence-electron chi connectivity index (χ3n) is 3.05. The van der Waals surface area contributed by atoms with E-state index in [2.05, 4.69) is 32.3 Å². The Labute approximate surface area is 105 Å². The Bertz CT molecular complexity index is 322. The minimum absolute atomic E-state index is 0.299. The van der Waals surface area contributed by atoms with Gasteiger partial charge >= 0.3 is 0 Å². The number of halogens is 1. The second kappa shape index (κ2) is 5.75. The summed E-state index contributed by atoms with van der Waals surface area (Å²) in [6.45, 7) is 1.74.